The molecule has 0 aromatic carbocycles. The van der Waals surface area contributed by atoms with E-state index in [0.717, 1.165) is 4.60 Å². The van der Waals surface area contributed by atoms with Crippen LogP contribution < -0.4 is 5.32 Å². The van der Waals surface area contributed by atoms with E-state index in [2.05, 4.69) is 52.7 Å². The van der Waals surface area contributed by atoms with Gasteiger partial charge in [-0.2, -0.15) is 0 Å². The largest absolute Gasteiger partial charge is 0.357 e. The predicted molar refractivity (Wildman–Crippen MR) is 51.5 cm³/mol. The molecule has 3 heteroatoms. The fourth-order valence-corrected chi connectivity index (χ4v) is 2.43. The molecule has 56 valence electrons. The molecule has 0 aliphatic carbocycles. The molecular weight excluding hydrogens is 206 g/mol. The molecule has 1 nitrogen and oxygen atoms in total. The summed E-state index contributed by atoms with van der Waals surface area (Å²) in [5.41, 5.74) is 0. The van der Waals surface area contributed by atoms with Gasteiger partial charge in [-0.25, -0.2) is 0 Å². The van der Waals surface area contributed by atoms with E-state index >= 15 is 0 Å². The molecule has 0 spiro atoms. The van der Waals surface area contributed by atoms with Gasteiger partial charge in [0.05, 0.1) is 12.7 Å². The second kappa shape index (κ2) is 2.55. The molecule has 0 saturated heterocycles. The summed E-state index contributed by atoms with van der Waals surface area (Å²) >= 11 is 3.39. The van der Waals surface area contributed by atoms with E-state index in [-0.39, 0.29) is 0 Å². The third-order valence-electron chi connectivity index (χ3n) is 1.46. The fourth-order valence-electron chi connectivity index (χ4n) is 0.806. The summed E-state index contributed by atoms with van der Waals surface area (Å²) in [5, 5.41) is 1.40. The highest BCUT2D eigenvalue weighted by Crippen LogP contribution is 2.06. The minimum atomic E-state index is -1.10. The highest BCUT2D eigenvalue weighted by molar-refractivity contribution is 9.10. The summed E-state index contributed by atoms with van der Waals surface area (Å²) in [7, 11) is -1.10. The van der Waals surface area contributed by atoms with Crippen LogP contribution in [0.15, 0.2) is 16.7 Å². The lowest BCUT2D eigenvalue weighted by molar-refractivity contribution is 1.38. The topological polar surface area (TPSA) is 15.8 Å². The van der Waals surface area contributed by atoms with E-state index in [1.54, 1.807) is 0 Å². The highest BCUT2D eigenvalue weighted by atomic mass is 79.9. The van der Waals surface area contributed by atoms with Crippen LogP contribution in [-0.2, 0) is 0 Å². The Balaban J connectivity index is 2.96. The summed E-state index contributed by atoms with van der Waals surface area (Å²) in [6.07, 6.45) is 0. The first-order chi connectivity index (χ1) is 4.50. The third kappa shape index (κ3) is 1.73. The Kier molecular flexibility index (Phi) is 2.06. The van der Waals surface area contributed by atoms with E-state index in [0.29, 0.717) is 0 Å². The van der Waals surface area contributed by atoms with Crippen molar-refractivity contribution in [3.63, 3.8) is 0 Å². The van der Waals surface area contributed by atoms with Gasteiger partial charge in [-0.3, -0.25) is 0 Å². The van der Waals surface area contributed by atoms with Crippen molar-refractivity contribution in [2.24, 2.45) is 0 Å². The maximum Gasteiger partial charge on any atom is 0.0981 e. The number of halogens is 1. The van der Waals surface area contributed by atoms with Crippen molar-refractivity contribution in [1.82, 2.24) is 4.98 Å². The average molecular weight is 218 g/mol. The zero-order valence-corrected chi connectivity index (χ0v) is 9.12. The third-order valence-corrected chi connectivity index (χ3v) is 3.83. The monoisotopic (exact) mass is 217 g/mol. The van der Waals surface area contributed by atoms with E-state index in [1.807, 2.05) is 0 Å². The van der Waals surface area contributed by atoms with E-state index < -0.39 is 8.07 Å². The van der Waals surface area contributed by atoms with Crippen molar-refractivity contribution in [2.45, 2.75) is 19.6 Å². The molecule has 0 aliphatic rings. The van der Waals surface area contributed by atoms with Gasteiger partial charge >= 0.3 is 0 Å². The van der Waals surface area contributed by atoms with Crippen LogP contribution in [0.4, 0.5) is 0 Å². The van der Waals surface area contributed by atoms with Gasteiger partial charge in [0.2, 0.25) is 0 Å². The number of aromatic amines is 1. The van der Waals surface area contributed by atoms with Crippen molar-refractivity contribution in [1.29, 1.82) is 0 Å². The summed E-state index contributed by atoms with van der Waals surface area (Å²) in [4.78, 5) is 3.29. The Morgan fingerprint density at radius 1 is 1.30 bits per heavy atom. The van der Waals surface area contributed by atoms with Gasteiger partial charge in [0.15, 0.2) is 0 Å². The number of hydrogen-bond acceptors (Lipinski definition) is 0. The van der Waals surface area contributed by atoms with Gasteiger partial charge in [0.1, 0.15) is 0 Å². The molecule has 0 atom stereocenters. The first-order valence-corrected chi connectivity index (χ1v) is 7.64. The lowest BCUT2D eigenvalue weighted by Crippen LogP contribution is -2.38. The van der Waals surface area contributed by atoms with Crippen molar-refractivity contribution >= 4 is 29.3 Å². The quantitative estimate of drug-likeness (QED) is 0.696. The Bertz CT molecular complexity index is 224. The molecule has 0 unspecified atom stereocenters. The molecule has 0 aliphatic heterocycles. The lowest BCUT2D eigenvalue weighted by Gasteiger charge is -2.12. The van der Waals surface area contributed by atoms with Crippen molar-refractivity contribution in [2.75, 3.05) is 0 Å². The van der Waals surface area contributed by atoms with Gasteiger partial charge < -0.3 is 4.98 Å². The molecule has 1 aromatic heterocycles. The smallest absolute Gasteiger partial charge is 0.0981 e. The van der Waals surface area contributed by atoms with Crippen LogP contribution in [0.25, 0.3) is 0 Å². The Labute approximate surface area is 71.0 Å². The van der Waals surface area contributed by atoms with Crippen LogP contribution in [0.2, 0.25) is 19.6 Å². The fraction of sp³-hybridized carbons (Fsp3) is 0.429. The standard InChI is InChI=1S/C7H12BrNSi/c1-10(2,3)7-5-4-6(8)9-7/h4-5,9H,1-3H3. The van der Waals surface area contributed by atoms with Crippen molar-refractivity contribution < 1.29 is 0 Å². The maximum atomic E-state index is 3.39. The zero-order valence-electron chi connectivity index (χ0n) is 6.53. The molecule has 0 bridgehead atoms. The molecule has 1 N–H and O–H groups in total. The van der Waals surface area contributed by atoms with Crippen molar-refractivity contribution in [3.8, 4) is 0 Å². The van der Waals surface area contributed by atoms with Gasteiger partial charge in [0.25, 0.3) is 0 Å². The number of H-pyrrole nitrogens is 1. The Morgan fingerprint density at radius 2 is 1.90 bits per heavy atom. The molecule has 0 fully saturated rings. The molecular formula is C7H12BrNSi. The van der Waals surface area contributed by atoms with Crippen LogP contribution in [-0.4, -0.2) is 13.1 Å². The predicted octanol–water partition coefficient (Wildman–Crippen LogP) is 2.32. The van der Waals surface area contributed by atoms with Gasteiger partial charge in [-0.15, -0.1) is 0 Å². The Morgan fingerprint density at radius 3 is 2.10 bits per heavy atom. The van der Waals surface area contributed by atoms with E-state index in [9.17, 15) is 0 Å². The Hall–Kier alpha value is -0.0231. The molecule has 1 rings (SSSR count). The van der Waals surface area contributed by atoms with E-state index in [4.69, 9.17) is 0 Å². The molecule has 1 aromatic rings. The maximum absolute atomic E-state index is 3.39. The SMILES string of the molecule is C[Si](C)(C)c1ccc(Br)[nH]1. The van der Waals surface area contributed by atoms with Crippen LogP contribution >= 0.6 is 15.9 Å². The van der Waals surface area contributed by atoms with Crippen LogP contribution in [0.3, 0.4) is 0 Å². The molecule has 10 heavy (non-hydrogen) atoms. The second-order valence-electron chi connectivity index (χ2n) is 3.47. The van der Waals surface area contributed by atoms with Crippen LogP contribution in [0, 0.1) is 0 Å². The first kappa shape index (κ1) is 8.08. The molecule has 1 heterocycles. The molecule has 0 radical (unpaired) electrons. The van der Waals surface area contributed by atoms with Crippen LogP contribution in [0.1, 0.15) is 0 Å². The average Bonchev–Trinajstić information content (AvgIpc) is 2.11. The minimum absolute atomic E-state index is 1.09. The van der Waals surface area contributed by atoms with Gasteiger partial charge in [-0.1, -0.05) is 19.6 Å². The minimum Gasteiger partial charge on any atom is -0.357 e. The van der Waals surface area contributed by atoms with Crippen molar-refractivity contribution in [3.05, 3.63) is 16.7 Å². The van der Waals surface area contributed by atoms with Gasteiger partial charge in [-0.05, 0) is 33.4 Å². The van der Waals surface area contributed by atoms with Crippen LogP contribution in [0.5, 0.6) is 0 Å². The number of hydrogen-bond donors (Lipinski definition) is 1. The lowest BCUT2D eigenvalue weighted by atomic mass is 10.7. The molecule has 0 amide bonds. The highest BCUT2D eigenvalue weighted by Gasteiger charge is 2.17. The van der Waals surface area contributed by atoms with E-state index in [1.165, 1.54) is 5.32 Å². The number of rotatable bonds is 1. The number of nitrogens with one attached hydrogen (secondary N) is 1. The number of aromatic nitrogens is 1. The normalized spacial score (nSPS) is 12.0. The zero-order chi connectivity index (χ0) is 7.78. The first-order valence-electron chi connectivity index (χ1n) is 3.35. The van der Waals surface area contributed by atoms with Gasteiger partial charge in [0, 0.05) is 0 Å². The summed E-state index contributed by atoms with van der Waals surface area (Å²) in [6, 6.07) is 4.23. The second-order valence-corrected chi connectivity index (χ2v) is 9.36. The summed E-state index contributed by atoms with van der Waals surface area (Å²) in [5.74, 6) is 0. The summed E-state index contributed by atoms with van der Waals surface area (Å²) < 4.78 is 1.09. The summed E-state index contributed by atoms with van der Waals surface area (Å²) in [6.45, 7) is 6.97. The molecule has 0 saturated carbocycles.